The molecule has 2 fully saturated rings. The van der Waals surface area contributed by atoms with Crippen LogP contribution in [0, 0.1) is 18.8 Å². The summed E-state index contributed by atoms with van der Waals surface area (Å²) in [6.45, 7) is 7.74. The van der Waals surface area contributed by atoms with Crippen molar-refractivity contribution in [1.82, 2.24) is 29.9 Å². The first-order valence-corrected chi connectivity index (χ1v) is 9.62. The normalized spacial score (nSPS) is 23.2. The number of aromatic nitrogens is 5. The van der Waals surface area contributed by atoms with E-state index >= 15 is 0 Å². The van der Waals surface area contributed by atoms with E-state index in [-0.39, 0.29) is 11.8 Å². The second-order valence-electron chi connectivity index (χ2n) is 8.22. The predicted molar refractivity (Wildman–Crippen MR) is 97.7 cm³/mol. The van der Waals surface area contributed by atoms with Gasteiger partial charge >= 0.3 is 0 Å². The fraction of sp³-hybridized carbons (Fsp3) is 0.684. The topological polar surface area (TPSA) is 79.7 Å². The van der Waals surface area contributed by atoms with Crippen molar-refractivity contribution in [2.45, 2.75) is 51.9 Å². The van der Waals surface area contributed by atoms with Crippen LogP contribution in [0.4, 0.5) is 0 Å². The molecule has 0 spiro atoms. The van der Waals surface area contributed by atoms with Crippen LogP contribution in [0.15, 0.2) is 6.07 Å². The highest BCUT2D eigenvalue weighted by molar-refractivity contribution is 5.78. The number of amides is 1. The molecule has 1 saturated heterocycles. The molecular weight excluding hydrogens is 328 g/mol. The molecule has 2 aliphatic rings. The van der Waals surface area contributed by atoms with E-state index < -0.39 is 0 Å². The van der Waals surface area contributed by atoms with Crippen molar-refractivity contribution in [3.63, 3.8) is 0 Å². The average molecular weight is 356 g/mol. The van der Waals surface area contributed by atoms with Crippen molar-refractivity contribution >= 4 is 5.91 Å². The van der Waals surface area contributed by atoms with E-state index in [1.807, 2.05) is 29.6 Å². The molecule has 1 saturated carbocycles. The largest absolute Gasteiger partial charge is 0.341 e. The molecule has 7 nitrogen and oxygen atoms in total. The predicted octanol–water partition coefficient (Wildman–Crippen LogP) is 2.16. The SMILES string of the molecule is Cc1cc(CC(=O)N2C[C@H](c3nc(C(C)C)n[nH]3)[C@@H](C3CC3)C2)n(C)n1. The van der Waals surface area contributed by atoms with Gasteiger partial charge in [-0.25, -0.2) is 4.98 Å². The number of aromatic amines is 1. The number of rotatable bonds is 5. The van der Waals surface area contributed by atoms with Crippen LogP contribution in [0.5, 0.6) is 0 Å². The number of hydrogen-bond donors (Lipinski definition) is 1. The van der Waals surface area contributed by atoms with Gasteiger partial charge in [0.15, 0.2) is 5.82 Å². The first-order chi connectivity index (χ1) is 12.4. The highest BCUT2D eigenvalue weighted by Gasteiger charge is 2.45. The summed E-state index contributed by atoms with van der Waals surface area (Å²) >= 11 is 0. The molecule has 1 N–H and O–H groups in total. The van der Waals surface area contributed by atoms with Gasteiger partial charge in [0, 0.05) is 37.7 Å². The maximum atomic E-state index is 12.9. The van der Waals surface area contributed by atoms with E-state index in [2.05, 4.69) is 29.1 Å². The quantitative estimate of drug-likeness (QED) is 0.890. The van der Waals surface area contributed by atoms with E-state index in [0.717, 1.165) is 42.0 Å². The van der Waals surface area contributed by atoms with Crippen molar-refractivity contribution in [3.8, 4) is 0 Å². The number of hydrogen-bond acceptors (Lipinski definition) is 4. The molecule has 0 radical (unpaired) electrons. The van der Waals surface area contributed by atoms with Crippen molar-refractivity contribution in [2.24, 2.45) is 18.9 Å². The van der Waals surface area contributed by atoms with Gasteiger partial charge in [-0.05, 0) is 37.7 Å². The van der Waals surface area contributed by atoms with Crippen LogP contribution in [-0.4, -0.2) is 48.9 Å². The lowest BCUT2D eigenvalue weighted by Crippen LogP contribution is -2.31. The number of carbonyl (C=O) groups excluding carboxylic acids is 1. The third-order valence-corrected chi connectivity index (χ3v) is 5.76. The third kappa shape index (κ3) is 3.27. The van der Waals surface area contributed by atoms with Gasteiger partial charge in [-0.15, -0.1) is 0 Å². The molecular formula is C19H28N6O. The van der Waals surface area contributed by atoms with Crippen LogP contribution in [0.25, 0.3) is 0 Å². The zero-order chi connectivity index (χ0) is 18.4. The highest BCUT2D eigenvalue weighted by atomic mass is 16.2. The Balaban J connectivity index is 1.50. The summed E-state index contributed by atoms with van der Waals surface area (Å²) in [6, 6.07) is 2.00. The average Bonchev–Trinajstić information content (AvgIpc) is 3.02. The summed E-state index contributed by atoms with van der Waals surface area (Å²) in [5.41, 5.74) is 1.93. The van der Waals surface area contributed by atoms with Gasteiger partial charge in [0.2, 0.25) is 5.91 Å². The molecule has 2 aromatic rings. The maximum Gasteiger partial charge on any atom is 0.228 e. The molecule has 1 aliphatic carbocycles. The van der Waals surface area contributed by atoms with Crippen molar-refractivity contribution < 1.29 is 4.79 Å². The van der Waals surface area contributed by atoms with Gasteiger partial charge in [0.05, 0.1) is 12.1 Å². The van der Waals surface area contributed by atoms with E-state index in [1.54, 1.807) is 0 Å². The van der Waals surface area contributed by atoms with Crippen molar-refractivity contribution in [3.05, 3.63) is 29.1 Å². The molecule has 4 rings (SSSR count). The molecule has 2 atom stereocenters. The standard InChI is InChI=1S/C19H28N6O/c1-11(2)18-20-19(22-21-18)16-10-25(9-15(16)13-5-6-13)17(26)8-14-7-12(3)23-24(14)4/h7,11,13,15-16H,5-6,8-10H2,1-4H3,(H,20,21,22)/t15-,16+/m1/s1. The van der Waals surface area contributed by atoms with Crippen LogP contribution < -0.4 is 0 Å². The fourth-order valence-electron chi connectivity index (χ4n) is 4.13. The zero-order valence-electron chi connectivity index (χ0n) is 16.1. The Morgan fingerprint density at radius 3 is 2.69 bits per heavy atom. The minimum absolute atomic E-state index is 0.185. The maximum absolute atomic E-state index is 12.9. The number of nitrogens with one attached hydrogen (secondary N) is 1. The second-order valence-corrected chi connectivity index (χ2v) is 8.22. The number of H-pyrrole nitrogens is 1. The second kappa shape index (κ2) is 6.52. The number of nitrogens with zero attached hydrogens (tertiary/aromatic N) is 5. The van der Waals surface area contributed by atoms with E-state index in [9.17, 15) is 4.79 Å². The lowest BCUT2D eigenvalue weighted by Gasteiger charge is -2.16. The first-order valence-electron chi connectivity index (χ1n) is 9.62. The van der Waals surface area contributed by atoms with Crippen LogP contribution in [0.2, 0.25) is 0 Å². The van der Waals surface area contributed by atoms with Gasteiger partial charge in [-0.3, -0.25) is 14.6 Å². The fourth-order valence-corrected chi connectivity index (χ4v) is 4.13. The summed E-state index contributed by atoms with van der Waals surface area (Å²) in [7, 11) is 1.90. The van der Waals surface area contributed by atoms with Crippen LogP contribution in [-0.2, 0) is 18.3 Å². The lowest BCUT2D eigenvalue weighted by molar-refractivity contribution is -0.129. The van der Waals surface area contributed by atoms with Gasteiger partial charge in [-0.2, -0.15) is 10.2 Å². The summed E-state index contributed by atoms with van der Waals surface area (Å²) < 4.78 is 1.81. The Labute approximate surface area is 154 Å². The number of likely N-dealkylation sites (tertiary alicyclic amines) is 1. The van der Waals surface area contributed by atoms with Crippen LogP contribution in [0.3, 0.4) is 0 Å². The van der Waals surface area contributed by atoms with Crippen LogP contribution >= 0.6 is 0 Å². The Hall–Kier alpha value is -2.18. The minimum Gasteiger partial charge on any atom is -0.341 e. The van der Waals surface area contributed by atoms with Gasteiger partial charge in [0.25, 0.3) is 0 Å². The third-order valence-electron chi connectivity index (χ3n) is 5.76. The molecule has 140 valence electrons. The molecule has 1 aliphatic heterocycles. The van der Waals surface area contributed by atoms with E-state index in [1.165, 1.54) is 12.8 Å². The molecule has 1 amide bonds. The van der Waals surface area contributed by atoms with Gasteiger partial charge in [0.1, 0.15) is 5.82 Å². The van der Waals surface area contributed by atoms with Crippen molar-refractivity contribution in [1.29, 1.82) is 0 Å². The van der Waals surface area contributed by atoms with Crippen LogP contribution in [0.1, 0.15) is 61.6 Å². The highest BCUT2D eigenvalue weighted by Crippen LogP contribution is 2.47. The Bertz CT molecular complexity index is 803. The Kier molecular flexibility index (Phi) is 4.32. The monoisotopic (exact) mass is 356 g/mol. The molecule has 0 aromatic carbocycles. The Morgan fingerprint density at radius 1 is 1.35 bits per heavy atom. The summed E-state index contributed by atoms with van der Waals surface area (Å²) in [5, 5.41) is 11.9. The van der Waals surface area contributed by atoms with E-state index in [0.29, 0.717) is 18.3 Å². The number of carbonyl (C=O) groups is 1. The summed E-state index contributed by atoms with van der Waals surface area (Å²) in [4.78, 5) is 19.6. The van der Waals surface area contributed by atoms with Gasteiger partial charge in [-0.1, -0.05) is 13.8 Å². The summed E-state index contributed by atoms with van der Waals surface area (Å²) in [6.07, 6.45) is 2.96. The molecule has 0 bridgehead atoms. The first kappa shape index (κ1) is 17.2. The van der Waals surface area contributed by atoms with E-state index in [4.69, 9.17) is 4.98 Å². The lowest BCUT2D eigenvalue weighted by atomic mass is 9.91. The molecule has 2 aromatic heterocycles. The van der Waals surface area contributed by atoms with Gasteiger partial charge < -0.3 is 4.90 Å². The number of aryl methyl sites for hydroxylation is 2. The zero-order valence-corrected chi connectivity index (χ0v) is 16.1. The smallest absolute Gasteiger partial charge is 0.228 e. The molecule has 7 heteroatoms. The van der Waals surface area contributed by atoms with Crippen molar-refractivity contribution in [2.75, 3.05) is 13.1 Å². The molecule has 0 unspecified atom stereocenters. The summed E-state index contributed by atoms with van der Waals surface area (Å²) in [5.74, 6) is 3.82. The molecule has 3 heterocycles. The Morgan fingerprint density at radius 2 is 2.12 bits per heavy atom. The minimum atomic E-state index is 0.185. The molecule has 26 heavy (non-hydrogen) atoms.